The number of methoxy groups -OCH3 is 1. The molecule has 0 spiro atoms. The minimum absolute atomic E-state index is 0.148. The molecule has 0 aliphatic carbocycles. The van der Waals surface area contributed by atoms with E-state index in [1.807, 2.05) is 0 Å². The van der Waals surface area contributed by atoms with E-state index in [2.05, 4.69) is 0 Å². The number of carbonyl (C=O) groups excluding carboxylic acids is 7. The van der Waals surface area contributed by atoms with Crippen molar-refractivity contribution in [2.75, 3.05) is 20.3 Å². The third-order valence-electron chi connectivity index (χ3n) is 9.12. The number of hydrogen-bond acceptors (Lipinski definition) is 22. The van der Waals surface area contributed by atoms with Crippen LogP contribution in [0, 0.1) is 0 Å². The zero-order valence-corrected chi connectivity index (χ0v) is 35.0. The van der Waals surface area contributed by atoms with Gasteiger partial charge in [-0.25, -0.2) is 0 Å². The molecule has 22 nitrogen and oxygen atoms in total. The van der Waals surface area contributed by atoms with Crippen molar-refractivity contribution < 1.29 is 105 Å². The molecule has 1 N–H and O–H groups in total. The topological polar surface area (TPSA) is 269 Å². The fourth-order valence-corrected chi connectivity index (χ4v) is 6.86. The van der Waals surface area contributed by atoms with Crippen molar-refractivity contribution in [3.05, 3.63) is 35.9 Å². The van der Waals surface area contributed by atoms with Crippen LogP contribution in [0.4, 0.5) is 0 Å². The maximum atomic E-state index is 12.8. The predicted octanol–water partition coefficient (Wildman–Crippen LogP) is 0.459. The van der Waals surface area contributed by atoms with Crippen molar-refractivity contribution in [2.24, 2.45) is 0 Å². The van der Waals surface area contributed by atoms with Crippen molar-refractivity contribution in [2.45, 2.75) is 148 Å². The van der Waals surface area contributed by atoms with E-state index in [1.165, 1.54) is 14.0 Å². The van der Waals surface area contributed by atoms with E-state index in [4.69, 9.17) is 66.3 Å². The van der Waals surface area contributed by atoms with E-state index in [1.54, 1.807) is 30.3 Å². The summed E-state index contributed by atoms with van der Waals surface area (Å²) in [5, 5.41) is 11.2. The van der Waals surface area contributed by atoms with Gasteiger partial charge in [-0.1, -0.05) is 30.3 Å². The Hall–Kier alpha value is -4.81. The number of carbonyl (C=O) groups is 7. The molecule has 3 aliphatic heterocycles. The van der Waals surface area contributed by atoms with E-state index in [9.17, 15) is 38.7 Å². The summed E-state index contributed by atoms with van der Waals surface area (Å²) in [5.74, 6) is -6.34. The van der Waals surface area contributed by atoms with Crippen LogP contribution >= 0.6 is 0 Å². The minimum Gasteiger partial charge on any atom is -0.463 e. The zero-order valence-electron chi connectivity index (χ0n) is 35.0. The molecule has 9 unspecified atom stereocenters. The molecule has 22 heteroatoms. The van der Waals surface area contributed by atoms with Gasteiger partial charge in [0.15, 0.2) is 43.3 Å². The van der Waals surface area contributed by atoms with Crippen molar-refractivity contribution in [3.63, 3.8) is 0 Å². The van der Waals surface area contributed by atoms with Gasteiger partial charge in [0.2, 0.25) is 12.4 Å². The fourth-order valence-electron chi connectivity index (χ4n) is 6.86. The van der Waals surface area contributed by atoms with Crippen molar-refractivity contribution in [3.8, 4) is 0 Å². The lowest BCUT2D eigenvalue weighted by molar-refractivity contribution is -0.404. The van der Waals surface area contributed by atoms with Crippen LogP contribution in [0.3, 0.4) is 0 Å². The summed E-state index contributed by atoms with van der Waals surface area (Å²) in [7, 11) is 1.25. The number of aliphatic hydroxyl groups is 1. The number of hydrogen-bond donors (Lipinski definition) is 1. The molecule has 3 saturated heterocycles. The molecule has 0 amide bonds. The Morgan fingerprint density at radius 1 is 0.656 bits per heavy atom. The lowest BCUT2D eigenvalue weighted by Gasteiger charge is -2.51. The number of ether oxygens (including phenoxy) is 14. The highest BCUT2D eigenvalue weighted by Crippen LogP contribution is 2.40. The Kier molecular flexibility index (Phi) is 17.9. The Morgan fingerprint density at radius 3 is 1.79 bits per heavy atom. The van der Waals surface area contributed by atoms with Gasteiger partial charge in [-0.05, 0) is 6.92 Å². The zero-order chi connectivity index (χ0) is 45.1. The Balaban J connectivity index is 1.88. The highest BCUT2D eigenvalue weighted by molar-refractivity contribution is 5.69. The Labute approximate surface area is 350 Å². The lowest BCUT2D eigenvalue weighted by atomic mass is 9.95. The van der Waals surface area contributed by atoms with Crippen LogP contribution in [0.1, 0.15) is 67.2 Å². The van der Waals surface area contributed by atoms with Gasteiger partial charge in [-0.15, -0.1) is 0 Å². The second-order valence-corrected chi connectivity index (χ2v) is 14.1. The van der Waals surface area contributed by atoms with Crippen molar-refractivity contribution >= 4 is 41.8 Å². The first-order valence-corrected chi connectivity index (χ1v) is 19.1. The van der Waals surface area contributed by atoms with Crippen LogP contribution in [0.2, 0.25) is 0 Å². The van der Waals surface area contributed by atoms with Crippen LogP contribution in [0.15, 0.2) is 30.3 Å². The molecule has 3 fully saturated rings. The molecule has 0 radical (unpaired) electrons. The monoisotopic (exact) mass is 872 g/mol. The smallest absolute Gasteiger partial charge is 0.305 e. The second-order valence-electron chi connectivity index (χ2n) is 14.1. The van der Waals surface area contributed by atoms with E-state index < -0.39 is 141 Å². The highest BCUT2D eigenvalue weighted by atomic mass is 16.8. The van der Waals surface area contributed by atoms with E-state index >= 15 is 0 Å². The van der Waals surface area contributed by atoms with Gasteiger partial charge in [0.25, 0.3) is 0 Å². The van der Waals surface area contributed by atoms with Crippen LogP contribution in [-0.2, 0) is 99.9 Å². The van der Waals surface area contributed by atoms with Gasteiger partial charge in [0, 0.05) is 61.1 Å². The van der Waals surface area contributed by atoms with Gasteiger partial charge in [0.05, 0.1) is 12.7 Å². The summed E-state index contributed by atoms with van der Waals surface area (Å²) >= 11 is 0. The molecular formula is C39H52O22. The molecule has 1 aromatic rings. The molecule has 4 rings (SSSR count). The number of fused-ring (bicyclic) bond motifs is 1. The highest BCUT2D eigenvalue weighted by Gasteiger charge is 2.58. The summed E-state index contributed by atoms with van der Waals surface area (Å²) < 4.78 is 81.6. The molecule has 3 aliphatic rings. The summed E-state index contributed by atoms with van der Waals surface area (Å²) in [6, 6.07) is 8.69. The lowest BCUT2D eigenvalue weighted by Crippen LogP contribution is -2.68. The van der Waals surface area contributed by atoms with Crippen LogP contribution in [0.25, 0.3) is 0 Å². The van der Waals surface area contributed by atoms with Crippen LogP contribution < -0.4 is 0 Å². The van der Waals surface area contributed by atoms with Crippen molar-refractivity contribution in [1.82, 2.24) is 0 Å². The van der Waals surface area contributed by atoms with Gasteiger partial charge < -0.3 is 71.4 Å². The van der Waals surface area contributed by atoms with Gasteiger partial charge in [-0.2, -0.15) is 0 Å². The summed E-state index contributed by atoms with van der Waals surface area (Å²) in [6.45, 7) is 7.81. The van der Waals surface area contributed by atoms with Gasteiger partial charge in [0.1, 0.15) is 37.1 Å². The van der Waals surface area contributed by atoms with E-state index in [0.29, 0.717) is 5.56 Å². The van der Waals surface area contributed by atoms with Crippen LogP contribution in [0.5, 0.6) is 0 Å². The predicted molar refractivity (Wildman–Crippen MR) is 196 cm³/mol. The molecule has 0 bridgehead atoms. The molecule has 15 atom stereocenters. The molecule has 0 aromatic heterocycles. The maximum absolute atomic E-state index is 12.8. The molecular weight excluding hydrogens is 820 g/mol. The molecule has 0 saturated carbocycles. The second kappa shape index (κ2) is 22.3. The van der Waals surface area contributed by atoms with Gasteiger partial charge in [-0.3, -0.25) is 33.6 Å². The Bertz CT molecular complexity index is 1690. The van der Waals surface area contributed by atoms with Gasteiger partial charge >= 0.3 is 41.8 Å². The summed E-state index contributed by atoms with van der Waals surface area (Å²) in [6.07, 6.45) is -23.1. The largest absolute Gasteiger partial charge is 0.463 e. The third-order valence-corrected chi connectivity index (χ3v) is 9.12. The minimum atomic E-state index is -2.09. The average molecular weight is 873 g/mol. The summed E-state index contributed by atoms with van der Waals surface area (Å²) in [4.78, 5) is 86.7. The quantitative estimate of drug-likeness (QED) is 0.127. The van der Waals surface area contributed by atoms with E-state index in [-0.39, 0.29) is 6.61 Å². The number of rotatable bonds is 17. The third kappa shape index (κ3) is 13.6. The first-order chi connectivity index (χ1) is 28.8. The molecule has 3 heterocycles. The fraction of sp³-hybridized carbons (Fsp3) is 0.667. The SMILES string of the molecule is CO[C@@H]1OC2COC(c3ccccc3)O[C@H]2C(O[C@H](OC(C)=O)C(OC(C)=O)[C@H](OC(C)=O)C(O)COC(C)=O)C1O[C@@H]1OC(C)[C@H](OC(C)=O)C(OC(C)=O)C1OC(C)=O. The van der Waals surface area contributed by atoms with E-state index in [0.717, 1.165) is 48.5 Å². The number of benzene rings is 1. The summed E-state index contributed by atoms with van der Waals surface area (Å²) in [5.41, 5.74) is 0.559. The molecule has 61 heavy (non-hydrogen) atoms. The average Bonchev–Trinajstić information content (AvgIpc) is 3.17. The Morgan fingerprint density at radius 2 is 1.23 bits per heavy atom. The maximum Gasteiger partial charge on any atom is 0.305 e. The first kappa shape index (κ1) is 48.9. The van der Waals surface area contributed by atoms with Crippen LogP contribution in [-0.4, -0.2) is 153 Å². The molecule has 1 aromatic carbocycles. The number of aliphatic hydroxyl groups excluding tert-OH is 1. The number of esters is 7. The standard InChI is InChI=1S/C39H52O22/c1-17-28(52-19(3)41)31(54-21(5)43)35(56-23(7)45)38(51-17)61-34-32(30-27(58-37(34)48-9)16-50-36(59-30)25-13-11-10-12-14-25)60-39(57-24(8)46)33(55-22(6)44)29(53-20(4)42)26(47)15-49-18(2)40/h10-14,17,26-39,47H,15-16H2,1-9H3/t17?,26?,27?,28-,29+,30+,31?,32?,33?,34?,35?,36?,37+,38-,39-/m0/s1. The first-order valence-electron chi connectivity index (χ1n) is 19.1. The molecule has 340 valence electrons. The normalized spacial score (nSPS) is 30.4. The van der Waals surface area contributed by atoms with Crippen molar-refractivity contribution in [1.29, 1.82) is 0 Å².